The van der Waals surface area contributed by atoms with Crippen molar-refractivity contribution in [3.05, 3.63) is 6.33 Å². The van der Waals surface area contributed by atoms with Crippen molar-refractivity contribution >= 4 is 27.9 Å². The van der Waals surface area contributed by atoms with Gasteiger partial charge < -0.3 is 36.0 Å². The van der Waals surface area contributed by atoms with E-state index in [0.29, 0.717) is 0 Å². The molecule has 1 aliphatic heterocycles. The number of hydrogen-bond acceptors (Lipinski definition) is 11. The Balaban J connectivity index is 0.00000131. The molecule has 0 aromatic carbocycles. The van der Waals surface area contributed by atoms with Crippen LogP contribution in [0.1, 0.15) is 6.23 Å². The van der Waals surface area contributed by atoms with E-state index in [4.69, 9.17) is 10.5 Å². The maximum Gasteiger partial charge on any atom is 1.00 e. The molecule has 1 unspecified atom stereocenters. The number of hydrogen-bond donors (Lipinski definition) is 4. The fraction of sp³-hybridized carbons (Fsp3) is 0.385. The molecule has 5 N–H and O–H groups in total. The van der Waals surface area contributed by atoms with Gasteiger partial charge in [-0.05, 0) is 0 Å². The van der Waals surface area contributed by atoms with E-state index in [1.54, 1.807) is 0 Å². The van der Waals surface area contributed by atoms with E-state index in [2.05, 4.69) is 19.9 Å². The number of aromatic nitrogens is 5. The van der Waals surface area contributed by atoms with Crippen molar-refractivity contribution < 1.29 is 89.4 Å². The smallest absolute Gasteiger partial charge is 0.858 e. The number of aliphatic hydroxyl groups excluding tert-OH is 3. The molecule has 3 aromatic heterocycles. The van der Waals surface area contributed by atoms with Crippen LogP contribution in [0.3, 0.4) is 0 Å². The first-order valence-corrected chi connectivity index (χ1v) is 7.22. The minimum Gasteiger partial charge on any atom is -0.858 e. The minimum atomic E-state index is -1.47. The van der Waals surface area contributed by atoms with E-state index < -0.39 is 43.0 Å². The number of ether oxygens (including phenoxy) is 1. The predicted octanol–water partition coefficient (Wildman–Crippen LogP) is -9.28. The second-order valence-corrected chi connectivity index (χ2v) is 5.57. The summed E-state index contributed by atoms with van der Waals surface area (Å²) in [6.07, 6.45) is -4.04. The summed E-state index contributed by atoms with van der Waals surface area (Å²) in [4.78, 5) is 14.8. The Labute approximate surface area is 195 Å². The van der Waals surface area contributed by atoms with Crippen LogP contribution in [0.2, 0.25) is 0 Å². The molecule has 4 rings (SSSR count). The van der Waals surface area contributed by atoms with Crippen LogP contribution in [0.5, 0.6) is 11.9 Å². The molecule has 12 nitrogen and oxygen atoms in total. The summed E-state index contributed by atoms with van der Waals surface area (Å²) >= 11 is 0. The number of rotatable bonds is 2. The first-order valence-electron chi connectivity index (χ1n) is 7.22. The zero-order valence-corrected chi connectivity index (χ0v) is 18.5. The molecule has 14 heteroatoms. The van der Waals surface area contributed by atoms with Gasteiger partial charge in [-0.3, -0.25) is 9.55 Å². The fourth-order valence-corrected chi connectivity index (χ4v) is 3.05. The number of nitrogens with two attached hydrogens (primary N) is 1. The standard InChI is InChI=1S/C13H14N6O6.2Na/c14-8-4-5-10(17-13(24)18-11(5)23)19(9(4)16-2-15-8)12-7(22)6(21)3(1-20)25-12;;/h2-3,6-7,12,20-22H,1H2,(H2,14,15,16)(H2,17,18,23,24);;/q;2*+1/p-2/t3-,6-,7-,12?;;/m1../s1. The van der Waals surface area contributed by atoms with Crippen LogP contribution >= 0.6 is 0 Å². The third-order valence-electron chi connectivity index (χ3n) is 4.17. The quantitative estimate of drug-likeness (QED) is 0.301. The maximum atomic E-state index is 12.2. The monoisotopic (exact) mass is 394 g/mol. The van der Waals surface area contributed by atoms with Crippen molar-refractivity contribution in [1.29, 1.82) is 0 Å². The molecule has 0 radical (unpaired) electrons. The average molecular weight is 394 g/mol. The van der Waals surface area contributed by atoms with Gasteiger partial charge in [0.15, 0.2) is 6.23 Å². The summed E-state index contributed by atoms with van der Waals surface area (Å²) < 4.78 is 6.64. The predicted molar refractivity (Wildman–Crippen MR) is 76.9 cm³/mol. The first kappa shape index (κ1) is 22.5. The molecular formula is C13H12N6Na2O6. The molecule has 0 spiro atoms. The van der Waals surface area contributed by atoms with Gasteiger partial charge in [0.05, 0.1) is 18.0 Å². The van der Waals surface area contributed by atoms with Gasteiger partial charge >= 0.3 is 59.1 Å². The molecule has 3 aromatic rings. The normalized spacial score (nSPS) is 24.7. The summed E-state index contributed by atoms with van der Waals surface area (Å²) in [6, 6.07) is -1.03. The number of nitrogens with zero attached hydrogens (tertiary/aromatic N) is 5. The summed E-state index contributed by atoms with van der Waals surface area (Å²) in [5.74, 6) is -0.910. The fourth-order valence-electron chi connectivity index (χ4n) is 3.05. The maximum absolute atomic E-state index is 12.2. The Hall–Kier alpha value is -0.800. The van der Waals surface area contributed by atoms with Gasteiger partial charge in [-0.25, -0.2) is 15.0 Å². The van der Waals surface area contributed by atoms with Crippen molar-refractivity contribution in [2.45, 2.75) is 24.5 Å². The Bertz CT molecular complexity index is 987. The molecule has 4 atom stereocenters. The third-order valence-corrected chi connectivity index (χ3v) is 4.17. The number of fused-ring (bicyclic) bond motifs is 3. The van der Waals surface area contributed by atoms with E-state index in [-0.39, 0.29) is 87.0 Å². The van der Waals surface area contributed by atoms with E-state index in [9.17, 15) is 25.5 Å². The molecule has 4 heterocycles. The van der Waals surface area contributed by atoms with Crippen molar-refractivity contribution in [2.24, 2.45) is 0 Å². The van der Waals surface area contributed by atoms with Gasteiger partial charge in [0, 0.05) is 11.3 Å². The van der Waals surface area contributed by atoms with Crippen molar-refractivity contribution in [2.75, 3.05) is 12.3 Å². The first-order chi connectivity index (χ1) is 11.9. The van der Waals surface area contributed by atoms with E-state index in [1.807, 2.05) is 0 Å². The number of anilines is 1. The largest absolute Gasteiger partial charge is 1.00 e. The van der Waals surface area contributed by atoms with Gasteiger partial charge in [0.2, 0.25) is 0 Å². The van der Waals surface area contributed by atoms with Gasteiger partial charge in [0.1, 0.15) is 41.8 Å². The summed E-state index contributed by atoms with van der Waals surface area (Å²) in [7, 11) is 0. The van der Waals surface area contributed by atoms with Crippen molar-refractivity contribution in [3.8, 4) is 11.9 Å². The molecule has 0 saturated carbocycles. The molecule has 132 valence electrons. The molecule has 1 aliphatic rings. The van der Waals surface area contributed by atoms with E-state index in [0.717, 1.165) is 6.33 Å². The molecular weight excluding hydrogens is 382 g/mol. The van der Waals surface area contributed by atoms with E-state index in [1.165, 1.54) is 4.57 Å². The Kier molecular flexibility index (Phi) is 6.90. The van der Waals surface area contributed by atoms with Gasteiger partial charge in [-0.1, -0.05) is 0 Å². The molecule has 0 amide bonds. The van der Waals surface area contributed by atoms with Crippen LogP contribution in [-0.4, -0.2) is 64.7 Å². The number of nitrogen functional groups attached to an aromatic ring is 1. The molecule has 27 heavy (non-hydrogen) atoms. The van der Waals surface area contributed by atoms with Crippen molar-refractivity contribution in [3.63, 3.8) is 0 Å². The topological polar surface area (TPSA) is 199 Å². The summed E-state index contributed by atoms with van der Waals surface area (Å²) in [5, 5.41) is 53.3. The Morgan fingerprint density at radius 1 is 1.07 bits per heavy atom. The van der Waals surface area contributed by atoms with Crippen LogP contribution < -0.4 is 75.1 Å². The van der Waals surface area contributed by atoms with Gasteiger partial charge in [-0.2, -0.15) is 0 Å². The minimum absolute atomic E-state index is 0. The zero-order valence-electron chi connectivity index (χ0n) is 14.5. The Morgan fingerprint density at radius 3 is 2.41 bits per heavy atom. The zero-order chi connectivity index (χ0) is 17.9. The average Bonchev–Trinajstić information content (AvgIpc) is 3.04. The van der Waals surface area contributed by atoms with Gasteiger partial charge in [0.25, 0.3) is 0 Å². The van der Waals surface area contributed by atoms with Gasteiger partial charge in [-0.15, -0.1) is 0 Å². The summed E-state index contributed by atoms with van der Waals surface area (Å²) in [5.41, 5.74) is 5.75. The van der Waals surface area contributed by atoms with Crippen molar-refractivity contribution in [1.82, 2.24) is 24.5 Å². The van der Waals surface area contributed by atoms with Crippen LogP contribution in [0.25, 0.3) is 22.1 Å². The summed E-state index contributed by atoms with van der Waals surface area (Å²) in [6.45, 7) is -0.544. The molecule has 1 fully saturated rings. The molecule has 0 aliphatic carbocycles. The second kappa shape index (κ2) is 8.29. The van der Waals surface area contributed by atoms with Crippen LogP contribution in [0.4, 0.5) is 5.82 Å². The van der Waals surface area contributed by atoms with Crippen LogP contribution in [0.15, 0.2) is 6.33 Å². The Morgan fingerprint density at radius 2 is 1.78 bits per heavy atom. The van der Waals surface area contributed by atoms with E-state index >= 15 is 0 Å². The molecule has 1 saturated heterocycles. The number of aliphatic hydroxyl groups is 3. The molecule has 0 bridgehead atoms. The second-order valence-electron chi connectivity index (χ2n) is 5.57. The SMILES string of the molecule is Nc1ncnc2c1c1c([O-])nc([O-])nc1n2C1O[C@H](CO)[C@@H](O)[C@H]1O.[Na+].[Na+]. The van der Waals surface area contributed by atoms with Crippen LogP contribution in [-0.2, 0) is 4.74 Å². The third kappa shape index (κ3) is 3.40. The van der Waals surface area contributed by atoms with Crippen LogP contribution in [0, 0.1) is 0 Å².